The minimum atomic E-state index is 0.495. The van der Waals surface area contributed by atoms with Crippen molar-refractivity contribution < 1.29 is 0 Å². The summed E-state index contributed by atoms with van der Waals surface area (Å²) in [6.45, 7) is 9.00. The lowest BCUT2D eigenvalue weighted by molar-refractivity contribution is 0.589. The Morgan fingerprint density at radius 1 is 1.28 bits per heavy atom. The number of nitrogens with one attached hydrogen (secondary N) is 1. The number of rotatable bonds is 5. The molecule has 0 bridgehead atoms. The summed E-state index contributed by atoms with van der Waals surface area (Å²) >= 11 is 0. The van der Waals surface area contributed by atoms with Gasteiger partial charge in [0, 0.05) is 42.8 Å². The topological polar surface area (TPSA) is 43.0 Å². The maximum Gasteiger partial charge on any atom is 0.0486 e. The molecule has 2 aromatic rings. The summed E-state index contributed by atoms with van der Waals surface area (Å²) in [5.41, 5.74) is 9.74. The molecule has 0 unspecified atom stereocenters. The van der Waals surface area contributed by atoms with Crippen molar-refractivity contribution >= 4 is 10.9 Å². The van der Waals surface area contributed by atoms with Crippen LogP contribution in [0.2, 0.25) is 0 Å². The van der Waals surface area contributed by atoms with Crippen LogP contribution in [-0.4, -0.2) is 10.6 Å². The van der Waals surface area contributed by atoms with Crippen LogP contribution in [0.1, 0.15) is 31.9 Å². The lowest BCUT2D eigenvalue weighted by Gasteiger charge is -2.08. The number of hydrogen-bond acceptors (Lipinski definition) is 2. The van der Waals surface area contributed by atoms with Crippen molar-refractivity contribution in [2.45, 2.75) is 46.4 Å². The highest BCUT2D eigenvalue weighted by molar-refractivity contribution is 5.87. The summed E-state index contributed by atoms with van der Waals surface area (Å²) in [6.07, 6.45) is 2.25. The first-order valence-electron chi connectivity index (χ1n) is 6.70. The lowest BCUT2D eigenvalue weighted by Crippen LogP contribution is -2.21. The number of aromatic nitrogens is 1. The van der Waals surface area contributed by atoms with Gasteiger partial charge in [-0.1, -0.05) is 26.0 Å². The molecule has 1 aromatic heterocycles. The fourth-order valence-corrected chi connectivity index (χ4v) is 2.40. The normalized spacial score (nSPS) is 11.6. The fraction of sp³-hybridized carbons (Fsp3) is 0.467. The minimum Gasteiger partial charge on any atom is -0.347 e. The van der Waals surface area contributed by atoms with Crippen molar-refractivity contribution in [3.63, 3.8) is 0 Å². The third kappa shape index (κ3) is 2.42. The van der Waals surface area contributed by atoms with E-state index in [0.29, 0.717) is 12.6 Å². The third-order valence-electron chi connectivity index (χ3n) is 3.33. The summed E-state index contributed by atoms with van der Waals surface area (Å²) in [6, 6.07) is 6.89. The molecular formula is C15H23N3. The molecule has 0 spiro atoms. The van der Waals surface area contributed by atoms with Crippen LogP contribution in [0.3, 0.4) is 0 Å². The van der Waals surface area contributed by atoms with Crippen LogP contribution in [0, 0.1) is 0 Å². The van der Waals surface area contributed by atoms with Crippen LogP contribution in [0.4, 0.5) is 0 Å². The fourth-order valence-electron chi connectivity index (χ4n) is 2.40. The van der Waals surface area contributed by atoms with E-state index in [0.717, 1.165) is 13.1 Å². The monoisotopic (exact) mass is 245 g/mol. The number of hydrogen-bond donors (Lipinski definition) is 2. The highest BCUT2D eigenvalue weighted by Crippen LogP contribution is 2.25. The predicted molar refractivity (Wildman–Crippen MR) is 77.5 cm³/mol. The molecular weight excluding hydrogens is 222 g/mol. The molecule has 0 aliphatic rings. The van der Waals surface area contributed by atoms with Gasteiger partial charge < -0.3 is 15.6 Å². The standard InChI is InChI=1S/C15H23N3/c1-4-18-10-13(9-17-11(2)3)15-12(8-16)6-5-7-14(15)18/h5-7,10-11,17H,4,8-9,16H2,1-3H3. The molecule has 0 aliphatic heterocycles. The molecule has 0 saturated carbocycles. The van der Waals surface area contributed by atoms with E-state index in [9.17, 15) is 0 Å². The molecule has 1 heterocycles. The van der Waals surface area contributed by atoms with Crippen LogP contribution in [0.25, 0.3) is 10.9 Å². The maximum atomic E-state index is 5.86. The molecule has 0 aliphatic carbocycles. The summed E-state index contributed by atoms with van der Waals surface area (Å²) in [7, 11) is 0. The Kier molecular flexibility index (Phi) is 4.04. The second-order valence-electron chi connectivity index (χ2n) is 4.99. The Bertz CT molecular complexity index is 526. The van der Waals surface area contributed by atoms with E-state index < -0.39 is 0 Å². The zero-order valence-corrected chi connectivity index (χ0v) is 11.5. The van der Waals surface area contributed by atoms with Crippen molar-refractivity contribution in [2.75, 3.05) is 0 Å². The highest BCUT2D eigenvalue weighted by atomic mass is 15.0. The molecule has 98 valence electrons. The maximum absolute atomic E-state index is 5.86. The number of fused-ring (bicyclic) bond motifs is 1. The molecule has 0 fully saturated rings. The molecule has 0 amide bonds. The van der Waals surface area contributed by atoms with Crippen molar-refractivity contribution in [1.82, 2.24) is 9.88 Å². The first-order valence-corrected chi connectivity index (χ1v) is 6.70. The predicted octanol–water partition coefficient (Wildman–Crippen LogP) is 2.62. The van der Waals surface area contributed by atoms with Gasteiger partial charge in [0.15, 0.2) is 0 Å². The molecule has 3 nitrogen and oxygen atoms in total. The van der Waals surface area contributed by atoms with Gasteiger partial charge in [-0.05, 0) is 24.1 Å². The Morgan fingerprint density at radius 3 is 2.67 bits per heavy atom. The smallest absolute Gasteiger partial charge is 0.0486 e. The molecule has 3 N–H and O–H groups in total. The first kappa shape index (κ1) is 13.1. The number of benzene rings is 1. The second kappa shape index (κ2) is 5.55. The summed E-state index contributed by atoms with van der Waals surface area (Å²) in [4.78, 5) is 0. The molecule has 18 heavy (non-hydrogen) atoms. The summed E-state index contributed by atoms with van der Waals surface area (Å²) < 4.78 is 2.30. The highest BCUT2D eigenvalue weighted by Gasteiger charge is 2.10. The van der Waals surface area contributed by atoms with E-state index in [2.05, 4.69) is 55.1 Å². The molecule has 0 radical (unpaired) electrons. The molecule has 2 rings (SSSR count). The largest absolute Gasteiger partial charge is 0.347 e. The van der Waals surface area contributed by atoms with Gasteiger partial charge in [-0.2, -0.15) is 0 Å². The number of nitrogens with two attached hydrogens (primary N) is 1. The van der Waals surface area contributed by atoms with Crippen molar-refractivity contribution in [3.8, 4) is 0 Å². The zero-order chi connectivity index (χ0) is 13.1. The van der Waals surface area contributed by atoms with Gasteiger partial charge in [-0.25, -0.2) is 0 Å². The van der Waals surface area contributed by atoms with E-state index in [4.69, 9.17) is 5.73 Å². The Morgan fingerprint density at radius 2 is 2.06 bits per heavy atom. The van der Waals surface area contributed by atoms with E-state index >= 15 is 0 Å². The van der Waals surface area contributed by atoms with Gasteiger partial charge in [-0.15, -0.1) is 0 Å². The minimum absolute atomic E-state index is 0.495. The van der Waals surface area contributed by atoms with Crippen LogP contribution >= 0.6 is 0 Å². The third-order valence-corrected chi connectivity index (χ3v) is 3.33. The molecule has 0 saturated heterocycles. The van der Waals surface area contributed by atoms with Crippen LogP contribution < -0.4 is 11.1 Å². The quantitative estimate of drug-likeness (QED) is 0.850. The summed E-state index contributed by atoms with van der Waals surface area (Å²) in [5.74, 6) is 0. The SMILES string of the molecule is CCn1cc(CNC(C)C)c2c(CN)cccc21. The number of aryl methyl sites for hydroxylation is 1. The van der Waals surface area contributed by atoms with Gasteiger partial charge in [0.25, 0.3) is 0 Å². The van der Waals surface area contributed by atoms with Crippen molar-refractivity contribution in [2.24, 2.45) is 5.73 Å². The average Bonchev–Trinajstić information content (AvgIpc) is 2.74. The van der Waals surface area contributed by atoms with E-state index in [1.807, 2.05) is 0 Å². The van der Waals surface area contributed by atoms with E-state index in [1.54, 1.807) is 0 Å². The average molecular weight is 245 g/mol. The zero-order valence-electron chi connectivity index (χ0n) is 11.5. The first-order chi connectivity index (χ1) is 8.67. The molecule has 1 aromatic carbocycles. The van der Waals surface area contributed by atoms with Gasteiger partial charge in [0.1, 0.15) is 0 Å². The van der Waals surface area contributed by atoms with Crippen molar-refractivity contribution in [1.29, 1.82) is 0 Å². The molecule has 3 heteroatoms. The van der Waals surface area contributed by atoms with Gasteiger partial charge in [-0.3, -0.25) is 0 Å². The van der Waals surface area contributed by atoms with Crippen LogP contribution in [0.5, 0.6) is 0 Å². The Balaban J connectivity index is 2.50. The number of nitrogens with zero attached hydrogens (tertiary/aromatic N) is 1. The summed E-state index contributed by atoms with van der Waals surface area (Å²) in [5, 5.41) is 4.82. The Hall–Kier alpha value is -1.32. The van der Waals surface area contributed by atoms with E-state index in [1.165, 1.54) is 22.0 Å². The van der Waals surface area contributed by atoms with Crippen molar-refractivity contribution in [3.05, 3.63) is 35.5 Å². The van der Waals surface area contributed by atoms with Gasteiger partial charge >= 0.3 is 0 Å². The van der Waals surface area contributed by atoms with Crippen LogP contribution in [0.15, 0.2) is 24.4 Å². The van der Waals surface area contributed by atoms with Gasteiger partial charge in [0.2, 0.25) is 0 Å². The van der Waals surface area contributed by atoms with Crippen LogP contribution in [-0.2, 0) is 19.6 Å². The lowest BCUT2D eigenvalue weighted by atomic mass is 10.1. The van der Waals surface area contributed by atoms with Gasteiger partial charge in [0.05, 0.1) is 0 Å². The second-order valence-corrected chi connectivity index (χ2v) is 4.99. The Labute approximate surface area is 109 Å². The molecule has 0 atom stereocenters. The van der Waals surface area contributed by atoms with E-state index in [-0.39, 0.29) is 0 Å².